The van der Waals surface area contributed by atoms with Gasteiger partial charge in [0.25, 0.3) is 0 Å². The largest absolute Gasteiger partial charge is 0.505 e. The van der Waals surface area contributed by atoms with Crippen LogP contribution in [-0.4, -0.2) is 5.11 Å². The Morgan fingerprint density at radius 3 is 2.84 bits per heavy atom. The summed E-state index contributed by atoms with van der Waals surface area (Å²) in [4.78, 5) is 0. The number of nitrogens with zero attached hydrogens (tertiary/aromatic N) is 1. The van der Waals surface area contributed by atoms with Crippen molar-refractivity contribution < 1.29 is 9.50 Å². The van der Waals surface area contributed by atoms with Crippen molar-refractivity contribution in [2.45, 2.75) is 6.54 Å². The van der Waals surface area contributed by atoms with Gasteiger partial charge in [0.2, 0.25) is 0 Å². The average molecular weight is 321 g/mol. The van der Waals surface area contributed by atoms with Crippen molar-refractivity contribution in [1.29, 1.82) is 5.26 Å². The average Bonchev–Trinajstić information content (AvgIpc) is 2.40. The second kappa shape index (κ2) is 5.72. The van der Waals surface area contributed by atoms with Gasteiger partial charge >= 0.3 is 0 Å². The Morgan fingerprint density at radius 1 is 1.32 bits per heavy atom. The monoisotopic (exact) mass is 320 g/mol. The molecule has 0 saturated carbocycles. The predicted octanol–water partition coefficient (Wildman–Crippen LogP) is 3.78. The van der Waals surface area contributed by atoms with Gasteiger partial charge in [0.05, 0.1) is 11.3 Å². The van der Waals surface area contributed by atoms with Gasteiger partial charge in [0, 0.05) is 16.6 Å². The first-order valence-electron chi connectivity index (χ1n) is 5.51. The summed E-state index contributed by atoms with van der Waals surface area (Å²) < 4.78 is 14.0. The standard InChI is InChI=1S/C14H10BrFN2O/c15-11-5-4-9(7-17)13(6-11)18-8-10-2-1-3-12(16)14(10)19/h1-6,18-19H,8H2. The molecule has 0 aliphatic heterocycles. The number of phenolic OH excluding ortho intramolecular Hbond substituents is 1. The van der Waals surface area contributed by atoms with E-state index in [1.54, 1.807) is 24.3 Å². The molecule has 0 atom stereocenters. The van der Waals surface area contributed by atoms with Crippen molar-refractivity contribution in [1.82, 2.24) is 0 Å². The Bertz CT molecular complexity index is 652. The highest BCUT2D eigenvalue weighted by Gasteiger charge is 2.07. The lowest BCUT2D eigenvalue weighted by Crippen LogP contribution is -2.02. The van der Waals surface area contributed by atoms with E-state index in [0.717, 1.165) is 4.47 Å². The van der Waals surface area contributed by atoms with Crippen LogP contribution in [0.3, 0.4) is 0 Å². The van der Waals surface area contributed by atoms with Gasteiger partial charge in [-0.1, -0.05) is 28.1 Å². The normalized spacial score (nSPS) is 9.95. The van der Waals surface area contributed by atoms with Crippen molar-refractivity contribution in [3.05, 3.63) is 57.8 Å². The highest BCUT2D eigenvalue weighted by molar-refractivity contribution is 9.10. The van der Waals surface area contributed by atoms with Gasteiger partial charge < -0.3 is 10.4 Å². The predicted molar refractivity (Wildman–Crippen MR) is 74.2 cm³/mol. The van der Waals surface area contributed by atoms with Crippen LogP contribution >= 0.6 is 15.9 Å². The van der Waals surface area contributed by atoms with Gasteiger partial charge in [-0.3, -0.25) is 0 Å². The molecule has 0 radical (unpaired) electrons. The molecule has 0 spiro atoms. The summed E-state index contributed by atoms with van der Waals surface area (Å²) in [5.74, 6) is -1.03. The molecule has 0 bridgehead atoms. The van der Waals surface area contributed by atoms with E-state index >= 15 is 0 Å². The Hall–Kier alpha value is -2.06. The minimum Gasteiger partial charge on any atom is -0.505 e. The number of nitriles is 1. The van der Waals surface area contributed by atoms with E-state index in [9.17, 15) is 9.50 Å². The number of rotatable bonds is 3. The second-order valence-corrected chi connectivity index (χ2v) is 4.82. The van der Waals surface area contributed by atoms with Gasteiger partial charge in [-0.05, 0) is 24.3 Å². The number of para-hydroxylation sites is 1. The smallest absolute Gasteiger partial charge is 0.165 e. The van der Waals surface area contributed by atoms with Crippen LogP contribution in [0.2, 0.25) is 0 Å². The van der Waals surface area contributed by atoms with Gasteiger partial charge in [0.1, 0.15) is 6.07 Å². The van der Waals surface area contributed by atoms with E-state index in [-0.39, 0.29) is 12.3 Å². The van der Waals surface area contributed by atoms with Crippen LogP contribution in [0.4, 0.5) is 10.1 Å². The molecular weight excluding hydrogens is 311 g/mol. The van der Waals surface area contributed by atoms with E-state index in [2.05, 4.69) is 27.3 Å². The molecule has 2 aromatic rings. The number of halogens is 2. The molecule has 19 heavy (non-hydrogen) atoms. The maximum Gasteiger partial charge on any atom is 0.165 e. The lowest BCUT2D eigenvalue weighted by atomic mass is 10.1. The Kier molecular flexibility index (Phi) is 4.03. The molecule has 3 nitrogen and oxygen atoms in total. The van der Waals surface area contributed by atoms with E-state index < -0.39 is 5.82 Å². The first-order valence-corrected chi connectivity index (χ1v) is 6.31. The van der Waals surface area contributed by atoms with Crippen LogP contribution in [0, 0.1) is 17.1 Å². The molecule has 0 aromatic heterocycles. The maximum absolute atomic E-state index is 13.2. The summed E-state index contributed by atoms with van der Waals surface area (Å²) in [5, 5.41) is 21.6. The van der Waals surface area contributed by atoms with Crippen LogP contribution in [0.1, 0.15) is 11.1 Å². The third-order valence-corrected chi connectivity index (χ3v) is 3.13. The molecule has 0 fully saturated rings. The van der Waals surface area contributed by atoms with Crippen LogP contribution in [0.25, 0.3) is 0 Å². The van der Waals surface area contributed by atoms with Gasteiger partial charge in [-0.25, -0.2) is 4.39 Å². The summed E-state index contributed by atoms with van der Waals surface area (Å²) in [6, 6.07) is 11.6. The fraction of sp³-hybridized carbons (Fsp3) is 0.0714. The van der Waals surface area contributed by atoms with E-state index in [0.29, 0.717) is 16.8 Å². The number of anilines is 1. The maximum atomic E-state index is 13.2. The molecule has 0 saturated heterocycles. The summed E-state index contributed by atoms with van der Waals surface area (Å²) in [6.45, 7) is 0.231. The van der Waals surface area contributed by atoms with E-state index in [1.165, 1.54) is 12.1 Å². The molecule has 0 unspecified atom stereocenters. The van der Waals surface area contributed by atoms with Crippen molar-refractivity contribution in [2.24, 2.45) is 0 Å². The van der Waals surface area contributed by atoms with Crippen LogP contribution < -0.4 is 5.32 Å². The Morgan fingerprint density at radius 2 is 2.11 bits per heavy atom. The minimum atomic E-state index is -0.658. The molecule has 0 aliphatic rings. The van der Waals surface area contributed by atoms with Crippen LogP contribution in [0.5, 0.6) is 5.75 Å². The third kappa shape index (κ3) is 3.04. The number of hydrogen-bond acceptors (Lipinski definition) is 3. The first kappa shape index (κ1) is 13.4. The number of aromatic hydroxyl groups is 1. The Labute approximate surface area is 118 Å². The number of phenols is 1. The van der Waals surface area contributed by atoms with Crippen molar-refractivity contribution in [3.8, 4) is 11.8 Å². The van der Waals surface area contributed by atoms with Gasteiger partial charge in [-0.15, -0.1) is 0 Å². The highest BCUT2D eigenvalue weighted by atomic mass is 79.9. The summed E-state index contributed by atoms with van der Waals surface area (Å²) in [5.41, 5.74) is 1.54. The SMILES string of the molecule is N#Cc1ccc(Br)cc1NCc1cccc(F)c1O. The number of benzene rings is 2. The van der Waals surface area contributed by atoms with Crippen molar-refractivity contribution in [3.63, 3.8) is 0 Å². The molecule has 0 heterocycles. The van der Waals surface area contributed by atoms with E-state index in [4.69, 9.17) is 5.26 Å². The lowest BCUT2D eigenvalue weighted by molar-refractivity contribution is 0.427. The van der Waals surface area contributed by atoms with Crippen LogP contribution in [-0.2, 0) is 6.54 Å². The molecule has 0 aliphatic carbocycles. The lowest BCUT2D eigenvalue weighted by Gasteiger charge is -2.10. The zero-order valence-electron chi connectivity index (χ0n) is 9.82. The quantitative estimate of drug-likeness (QED) is 0.904. The first-order chi connectivity index (χ1) is 9.11. The third-order valence-electron chi connectivity index (χ3n) is 2.64. The summed E-state index contributed by atoms with van der Waals surface area (Å²) in [6.07, 6.45) is 0. The number of hydrogen-bond donors (Lipinski definition) is 2. The van der Waals surface area contributed by atoms with Crippen molar-refractivity contribution in [2.75, 3.05) is 5.32 Å². The second-order valence-electron chi connectivity index (χ2n) is 3.90. The molecule has 2 aromatic carbocycles. The molecule has 96 valence electrons. The molecule has 0 amide bonds. The molecule has 2 N–H and O–H groups in total. The fourth-order valence-corrected chi connectivity index (χ4v) is 2.01. The number of nitrogens with one attached hydrogen (secondary N) is 1. The van der Waals surface area contributed by atoms with E-state index in [1.807, 2.05) is 0 Å². The topological polar surface area (TPSA) is 56.0 Å². The van der Waals surface area contributed by atoms with Gasteiger partial charge in [-0.2, -0.15) is 5.26 Å². The molecular formula is C14H10BrFN2O. The van der Waals surface area contributed by atoms with Crippen LogP contribution in [0.15, 0.2) is 40.9 Å². The zero-order valence-corrected chi connectivity index (χ0v) is 11.4. The van der Waals surface area contributed by atoms with Gasteiger partial charge in [0.15, 0.2) is 11.6 Å². The minimum absolute atomic E-state index is 0.231. The molecule has 5 heteroatoms. The summed E-state index contributed by atoms with van der Waals surface area (Å²) in [7, 11) is 0. The fourth-order valence-electron chi connectivity index (χ4n) is 1.65. The highest BCUT2D eigenvalue weighted by Crippen LogP contribution is 2.24. The molecule has 2 rings (SSSR count). The van der Waals surface area contributed by atoms with Crippen molar-refractivity contribution >= 4 is 21.6 Å². The summed E-state index contributed by atoms with van der Waals surface area (Å²) >= 11 is 3.32. The zero-order chi connectivity index (χ0) is 13.8. The Balaban J connectivity index is 2.21.